The van der Waals surface area contributed by atoms with E-state index in [1.807, 2.05) is 60.7 Å². The number of benzene rings is 2. The normalized spacial score (nSPS) is 20.2. The standard InChI is InChI=1S/C27H34O5/c1-31-26(30)27(16-15-21-9-4-2-5-10-21,18-23-13-8-14-24(28)17-23)19-25(29)32-20-22-11-6-3-7-12-22/h2-7,9-12,23-24,28H,8,13-20H2,1H3/t23-,24-,27-/m0/s1. The third kappa shape index (κ3) is 6.92. The van der Waals surface area contributed by atoms with Crippen molar-refractivity contribution in [2.45, 2.75) is 64.1 Å². The lowest BCUT2D eigenvalue weighted by molar-refractivity contribution is -0.163. The maximum atomic E-state index is 13.1. The van der Waals surface area contributed by atoms with Gasteiger partial charge >= 0.3 is 11.9 Å². The van der Waals surface area contributed by atoms with E-state index in [9.17, 15) is 14.7 Å². The van der Waals surface area contributed by atoms with Gasteiger partial charge in [-0.05, 0) is 49.1 Å². The molecule has 0 aromatic heterocycles. The summed E-state index contributed by atoms with van der Waals surface area (Å²) in [7, 11) is 1.38. The minimum absolute atomic E-state index is 0.0219. The van der Waals surface area contributed by atoms with Crippen molar-refractivity contribution in [1.29, 1.82) is 0 Å². The van der Waals surface area contributed by atoms with Crippen LogP contribution in [0.3, 0.4) is 0 Å². The van der Waals surface area contributed by atoms with E-state index >= 15 is 0 Å². The second kappa shape index (κ2) is 11.8. The van der Waals surface area contributed by atoms with Gasteiger partial charge in [0.25, 0.3) is 0 Å². The number of hydrogen-bond acceptors (Lipinski definition) is 5. The number of esters is 2. The lowest BCUT2D eigenvalue weighted by Gasteiger charge is -2.36. The van der Waals surface area contributed by atoms with E-state index in [1.165, 1.54) is 7.11 Å². The van der Waals surface area contributed by atoms with Gasteiger partial charge in [0, 0.05) is 0 Å². The van der Waals surface area contributed by atoms with E-state index in [0.717, 1.165) is 30.4 Å². The van der Waals surface area contributed by atoms with Crippen LogP contribution in [0.25, 0.3) is 0 Å². The summed E-state index contributed by atoms with van der Waals surface area (Å²) < 4.78 is 10.8. The third-order valence-corrected chi connectivity index (χ3v) is 6.51. The van der Waals surface area contributed by atoms with Crippen molar-refractivity contribution >= 4 is 11.9 Å². The van der Waals surface area contributed by atoms with Crippen LogP contribution in [-0.2, 0) is 32.1 Å². The van der Waals surface area contributed by atoms with Crippen molar-refractivity contribution in [2.24, 2.45) is 11.3 Å². The average molecular weight is 439 g/mol. The van der Waals surface area contributed by atoms with Crippen LogP contribution >= 0.6 is 0 Å². The van der Waals surface area contributed by atoms with Gasteiger partial charge in [0.15, 0.2) is 0 Å². The first kappa shape index (κ1) is 24.0. The van der Waals surface area contributed by atoms with Crippen LogP contribution in [0, 0.1) is 11.3 Å². The molecule has 0 amide bonds. The quantitative estimate of drug-likeness (QED) is 0.537. The molecule has 2 aromatic rings. The Morgan fingerprint density at radius 1 is 1.00 bits per heavy atom. The van der Waals surface area contributed by atoms with Crippen molar-refractivity contribution in [3.8, 4) is 0 Å². The molecule has 0 radical (unpaired) electrons. The van der Waals surface area contributed by atoms with Gasteiger partial charge in [-0.1, -0.05) is 73.5 Å². The van der Waals surface area contributed by atoms with Crippen LogP contribution in [0.15, 0.2) is 60.7 Å². The van der Waals surface area contributed by atoms with Gasteiger partial charge < -0.3 is 14.6 Å². The molecular formula is C27H34O5. The number of aliphatic hydroxyl groups excluding tert-OH is 1. The summed E-state index contributed by atoms with van der Waals surface area (Å²) in [5.74, 6) is -0.593. The predicted octanol–water partition coefficient (Wildman–Crippen LogP) is 4.85. The molecule has 0 aliphatic heterocycles. The molecule has 2 aromatic carbocycles. The third-order valence-electron chi connectivity index (χ3n) is 6.51. The molecule has 1 N–H and O–H groups in total. The summed E-state index contributed by atoms with van der Waals surface area (Å²) in [6, 6.07) is 19.5. The number of aryl methyl sites for hydroxylation is 1. The minimum atomic E-state index is -0.972. The molecular weight excluding hydrogens is 404 g/mol. The first-order valence-electron chi connectivity index (χ1n) is 11.5. The summed E-state index contributed by atoms with van der Waals surface area (Å²) in [6.07, 6.45) is 4.64. The molecule has 3 atom stereocenters. The van der Waals surface area contributed by atoms with Crippen molar-refractivity contribution in [3.63, 3.8) is 0 Å². The molecule has 0 heterocycles. The Kier molecular flexibility index (Phi) is 8.86. The predicted molar refractivity (Wildman–Crippen MR) is 123 cm³/mol. The Morgan fingerprint density at radius 3 is 2.28 bits per heavy atom. The summed E-state index contributed by atoms with van der Waals surface area (Å²) >= 11 is 0. The zero-order chi connectivity index (χ0) is 22.8. The number of rotatable bonds is 10. The Morgan fingerprint density at radius 2 is 1.66 bits per heavy atom. The molecule has 1 aliphatic rings. The van der Waals surface area contributed by atoms with E-state index in [0.29, 0.717) is 25.7 Å². The first-order valence-corrected chi connectivity index (χ1v) is 11.5. The van der Waals surface area contributed by atoms with Crippen LogP contribution in [0.2, 0.25) is 0 Å². The van der Waals surface area contributed by atoms with Crippen molar-refractivity contribution in [2.75, 3.05) is 7.11 Å². The summed E-state index contributed by atoms with van der Waals surface area (Å²) in [4.78, 5) is 26.0. The number of methoxy groups -OCH3 is 1. The number of carbonyl (C=O) groups excluding carboxylic acids is 2. The molecule has 0 bridgehead atoms. The Labute approximate surface area is 190 Å². The number of aliphatic hydroxyl groups is 1. The summed E-state index contributed by atoms with van der Waals surface area (Å²) in [5, 5.41) is 10.2. The van der Waals surface area contributed by atoms with Crippen LogP contribution in [0.5, 0.6) is 0 Å². The van der Waals surface area contributed by atoms with Crippen LogP contribution in [0.1, 0.15) is 56.1 Å². The van der Waals surface area contributed by atoms with E-state index in [1.54, 1.807) is 0 Å². The molecule has 0 unspecified atom stereocenters. The molecule has 0 saturated heterocycles. The van der Waals surface area contributed by atoms with E-state index in [4.69, 9.17) is 9.47 Å². The van der Waals surface area contributed by atoms with Gasteiger partial charge in [-0.2, -0.15) is 0 Å². The van der Waals surface area contributed by atoms with Crippen LogP contribution < -0.4 is 0 Å². The zero-order valence-electron chi connectivity index (χ0n) is 18.9. The molecule has 1 saturated carbocycles. The van der Waals surface area contributed by atoms with Gasteiger partial charge in [-0.25, -0.2) is 0 Å². The lowest BCUT2D eigenvalue weighted by Crippen LogP contribution is -2.39. The fourth-order valence-electron chi connectivity index (χ4n) is 4.83. The Bertz CT molecular complexity index is 851. The Hall–Kier alpha value is -2.66. The second-order valence-electron chi connectivity index (χ2n) is 8.97. The number of carbonyl (C=O) groups is 2. The van der Waals surface area contributed by atoms with Gasteiger partial charge in [-0.3, -0.25) is 9.59 Å². The monoisotopic (exact) mass is 438 g/mol. The molecule has 0 spiro atoms. The topological polar surface area (TPSA) is 72.8 Å². The van der Waals surface area contributed by atoms with Crippen LogP contribution in [0.4, 0.5) is 0 Å². The lowest BCUT2D eigenvalue weighted by atomic mass is 9.69. The van der Waals surface area contributed by atoms with E-state index < -0.39 is 11.4 Å². The molecule has 172 valence electrons. The second-order valence-corrected chi connectivity index (χ2v) is 8.97. The van der Waals surface area contributed by atoms with Crippen molar-refractivity contribution in [3.05, 3.63) is 71.8 Å². The molecule has 5 nitrogen and oxygen atoms in total. The van der Waals surface area contributed by atoms with Gasteiger partial charge in [0.05, 0.1) is 25.0 Å². The van der Waals surface area contributed by atoms with Gasteiger partial charge in [0.1, 0.15) is 6.61 Å². The van der Waals surface area contributed by atoms with Gasteiger partial charge in [0.2, 0.25) is 0 Å². The smallest absolute Gasteiger partial charge is 0.312 e. The van der Waals surface area contributed by atoms with E-state index in [2.05, 4.69) is 0 Å². The summed E-state index contributed by atoms with van der Waals surface area (Å²) in [5.41, 5.74) is 1.05. The highest BCUT2D eigenvalue weighted by Crippen LogP contribution is 2.42. The summed E-state index contributed by atoms with van der Waals surface area (Å²) in [6.45, 7) is 0.178. The fourth-order valence-corrected chi connectivity index (χ4v) is 4.83. The maximum Gasteiger partial charge on any atom is 0.312 e. The zero-order valence-corrected chi connectivity index (χ0v) is 18.9. The molecule has 1 fully saturated rings. The van der Waals surface area contributed by atoms with Crippen molar-refractivity contribution < 1.29 is 24.2 Å². The average Bonchev–Trinajstić information content (AvgIpc) is 2.82. The maximum absolute atomic E-state index is 13.1. The van der Waals surface area contributed by atoms with Crippen molar-refractivity contribution in [1.82, 2.24) is 0 Å². The number of hydrogen-bond donors (Lipinski definition) is 1. The molecule has 3 rings (SSSR count). The first-order chi connectivity index (χ1) is 15.5. The van der Waals surface area contributed by atoms with E-state index in [-0.39, 0.29) is 31.0 Å². The minimum Gasteiger partial charge on any atom is -0.469 e. The fraction of sp³-hybridized carbons (Fsp3) is 0.481. The molecule has 5 heteroatoms. The highest BCUT2D eigenvalue weighted by Gasteiger charge is 2.44. The van der Waals surface area contributed by atoms with Gasteiger partial charge in [-0.15, -0.1) is 0 Å². The molecule has 32 heavy (non-hydrogen) atoms. The highest BCUT2D eigenvalue weighted by atomic mass is 16.5. The van der Waals surface area contributed by atoms with Crippen LogP contribution in [-0.4, -0.2) is 30.3 Å². The highest BCUT2D eigenvalue weighted by molar-refractivity contribution is 5.83. The molecule has 1 aliphatic carbocycles. The Balaban J connectivity index is 1.77. The largest absolute Gasteiger partial charge is 0.469 e. The SMILES string of the molecule is COC(=O)[C@](CCc1ccccc1)(CC(=O)OCc1ccccc1)C[C@H]1CCC[C@H](O)C1. The number of ether oxygens (including phenoxy) is 2.